The Morgan fingerprint density at radius 2 is 1.91 bits per heavy atom. The van der Waals surface area contributed by atoms with Crippen LogP contribution in [0.5, 0.6) is 5.75 Å². The van der Waals surface area contributed by atoms with Crippen LogP contribution in [-0.4, -0.2) is 35.4 Å². The van der Waals surface area contributed by atoms with Crippen molar-refractivity contribution in [1.29, 1.82) is 0 Å². The summed E-state index contributed by atoms with van der Waals surface area (Å²) in [5.74, 6) is -0.687. The van der Waals surface area contributed by atoms with Gasteiger partial charge < -0.3 is 14.8 Å². The van der Waals surface area contributed by atoms with E-state index in [0.29, 0.717) is 23.7 Å². The molecule has 0 atom stereocenters. The van der Waals surface area contributed by atoms with E-state index in [2.05, 4.69) is 10.4 Å². The van der Waals surface area contributed by atoms with Gasteiger partial charge in [0.2, 0.25) is 0 Å². The zero-order chi connectivity index (χ0) is 23.1. The van der Waals surface area contributed by atoms with E-state index in [1.54, 1.807) is 30.0 Å². The van der Waals surface area contributed by atoms with Gasteiger partial charge >= 0.3 is 5.97 Å². The maximum Gasteiger partial charge on any atom is 0.331 e. The lowest BCUT2D eigenvalue weighted by molar-refractivity contribution is -0.143. The first-order chi connectivity index (χ1) is 15.4. The standard InChI is InChI=1S/C24H24FN3O4/c1-16-22(17(2)28(27-16)20-9-7-19(25)8-10-20)11-12-24(30)32-15-23(29)26-14-18-5-4-6-21(13-18)31-3/h4-13H,14-15H2,1-3H3,(H,26,29). The molecule has 0 aliphatic rings. The van der Waals surface area contributed by atoms with E-state index in [1.165, 1.54) is 18.2 Å². The van der Waals surface area contributed by atoms with Crippen LogP contribution in [0.1, 0.15) is 22.5 Å². The lowest BCUT2D eigenvalue weighted by atomic mass is 10.2. The molecule has 0 aliphatic carbocycles. The van der Waals surface area contributed by atoms with Crippen molar-refractivity contribution in [3.63, 3.8) is 0 Å². The number of halogens is 1. The number of aryl methyl sites for hydroxylation is 1. The first kappa shape index (κ1) is 22.7. The highest BCUT2D eigenvalue weighted by molar-refractivity contribution is 5.89. The van der Waals surface area contributed by atoms with E-state index in [9.17, 15) is 14.0 Å². The predicted octanol–water partition coefficient (Wildman–Crippen LogP) is 3.51. The van der Waals surface area contributed by atoms with Gasteiger partial charge in [0.05, 0.1) is 18.5 Å². The fourth-order valence-corrected chi connectivity index (χ4v) is 3.10. The molecule has 32 heavy (non-hydrogen) atoms. The van der Waals surface area contributed by atoms with Gasteiger partial charge in [-0.15, -0.1) is 0 Å². The summed E-state index contributed by atoms with van der Waals surface area (Å²) in [5.41, 5.74) is 3.81. The molecule has 1 N–H and O–H groups in total. The normalized spacial score (nSPS) is 10.9. The Kier molecular flexibility index (Phi) is 7.38. The second-order valence-corrected chi connectivity index (χ2v) is 7.04. The number of methoxy groups -OCH3 is 1. The minimum absolute atomic E-state index is 0.296. The SMILES string of the molecule is COc1cccc(CNC(=O)COC(=O)C=Cc2c(C)nn(-c3ccc(F)cc3)c2C)c1. The van der Waals surface area contributed by atoms with Crippen LogP contribution in [0.4, 0.5) is 4.39 Å². The second-order valence-electron chi connectivity index (χ2n) is 7.04. The zero-order valence-electron chi connectivity index (χ0n) is 18.1. The van der Waals surface area contributed by atoms with Crippen LogP contribution >= 0.6 is 0 Å². The maximum absolute atomic E-state index is 13.2. The number of carbonyl (C=O) groups excluding carboxylic acids is 2. The van der Waals surface area contributed by atoms with E-state index in [1.807, 2.05) is 38.1 Å². The average Bonchev–Trinajstić information content (AvgIpc) is 3.08. The molecule has 1 heterocycles. The molecule has 1 aromatic heterocycles. The summed E-state index contributed by atoms with van der Waals surface area (Å²) in [6.45, 7) is 3.56. The molecule has 3 aromatic rings. The first-order valence-electron chi connectivity index (χ1n) is 9.94. The van der Waals surface area contributed by atoms with Crippen molar-refractivity contribution in [1.82, 2.24) is 15.1 Å². The highest BCUT2D eigenvalue weighted by Crippen LogP contribution is 2.19. The Bertz CT molecular complexity index is 1140. The van der Waals surface area contributed by atoms with Gasteiger partial charge in [0.1, 0.15) is 11.6 Å². The Labute approximate surface area is 185 Å². The number of ether oxygens (including phenoxy) is 2. The molecule has 166 valence electrons. The zero-order valence-corrected chi connectivity index (χ0v) is 18.1. The van der Waals surface area contributed by atoms with Gasteiger partial charge in [-0.05, 0) is 61.9 Å². The Balaban J connectivity index is 1.54. The molecule has 0 saturated heterocycles. The largest absolute Gasteiger partial charge is 0.497 e. The monoisotopic (exact) mass is 437 g/mol. The number of nitrogens with zero attached hydrogens (tertiary/aromatic N) is 2. The molecule has 0 saturated carbocycles. The molecule has 0 fully saturated rings. The average molecular weight is 437 g/mol. The number of hydrogen-bond donors (Lipinski definition) is 1. The quantitative estimate of drug-likeness (QED) is 0.431. The van der Waals surface area contributed by atoms with Crippen molar-refractivity contribution in [2.75, 3.05) is 13.7 Å². The van der Waals surface area contributed by atoms with Crippen molar-refractivity contribution in [2.45, 2.75) is 20.4 Å². The fourth-order valence-electron chi connectivity index (χ4n) is 3.10. The number of esters is 1. The molecular formula is C24H24FN3O4. The molecule has 7 nitrogen and oxygen atoms in total. The van der Waals surface area contributed by atoms with Crippen LogP contribution in [-0.2, 0) is 20.9 Å². The summed E-state index contributed by atoms with van der Waals surface area (Å²) in [4.78, 5) is 24.0. The van der Waals surface area contributed by atoms with Crippen LogP contribution in [0.2, 0.25) is 0 Å². The minimum atomic E-state index is -0.644. The Morgan fingerprint density at radius 1 is 1.16 bits per heavy atom. The molecular weight excluding hydrogens is 413 g/mol. The molecule has 2 aromatic carbocycles. The first-order valence-corrected chi connectivity index (χ1v) is 9.94. The lowest BCUT2D eigenvalue weighted by Gasteiger charge is -2.07. The molecule has 0 aliphatic heterocycles. The van der Waals surface area contributed by atoms with E-state index in [4.69, 9.17) is 9.47 Å². The number of benzene rings is 2. The van der Waals surface area contributed by atoms with E-state index in [0.717, 1.165) is 16.8 Å². The molecule has 0 unspecified atom stereocenters. The predicted molar refractivity (Wildman–Crippen MR) is 118 cm³/mol. The van der Waals surface area contributed by atoms with Crippen LogP contribution in [0.25, 0.3) is 11.8 Å². The minimum Gasteiger partial charge on any atom is -0.497 e. The number of aromatic nitrogens is 2. The van der Waals surface area contributed by atoms with Gasteiger partial charge in [-0.3, -0.25) is 4.79 Å². The van der Waals surface area contributed by atoms with Crippen molar-refractivity contribution in [3.8, 4) is 11.4 Å². The van der Waals surface area contributed by atoms with Gasteiger partial charge in [0, 0.05) is 23.9 Å². The topological polar surface area (TPSA) is 82.4 Å². The smallest absolute Gasteiger partial charge is 0.331 e. The van der Waals surface area contributed by atoms with Crippen molar-refractivity contribution in [3.05, 3.63) is 82.9 Å². The Hall–Kier alpha value is -3.94. The van der Waals surface area contributed by atoms with Crippen LogP contribution in [0, 0.1) is 19.7 Å². The van der Waals surface area contributed by atoms with Crippen LogP contribution < -0.4 is 10.1 Å². The highest BCUT2D eigenvalue weighted by atomic mass is 19.1. The number of carbonyl (C=O) groups is 2. The maximum atomic E-state index is 13.2. The molecule has 3 rings (SSSR count). The van der Waals surface area contributed by atoms with Gasteiger partial charge in [-0.25, -0.2) is 13.9 Å². The van der Waals surface area contributed by atoms with E-state index < -0.39 is 11.9 Å². The molecule has 8 heteroatoms. The van der Waals surface area contributed by atoms with Crippen LogP contribution in [0.3, 0.4) is 0 Å². The summed E-state index contributed by atoms with van der Waals surface area (Å²) >= 11 is 0. The molecule has 0 spiro atoms. The molecule has 0 bridgehead atoms. The third-order valence-corrected chi connectivity index (χ3v) is 4.77. The summed E-state index contributed by atoms with van der Waals surface area (Å²) in [7, 11) is 1.57. The second kappa shape index (κ2) is 10.4. The number of amides is 1. The molecule has 1 amide bonds. The van der Waals surface area contributed by atoms with Gasteiger partial charge in [-0.1, -0.05) is 12.1 Å². The van der Waals surface area contributed by atoms with Crippen molar-refractivity contribution in [2.24, 2.45) is 0 Å². The summed E-state index contributed by atoms with van der Waals surface area (Å²) in [5, 5.41) is 7.13. The van der Waals surface area contributed by atoms with E-state index in [-0.39, 0.29) is 12.4 Å². The lowest BCUT2D eigenvalue weighted by Crippen LogP contribution is -2.28. The molecule has 0 radical (unpaired) electrons. The number of hydrogen-bond acceptors (Lipinski definition) is 5. The fraction of sp³-hybridized carbons (Fsp3) is 0.208. The number of nitrogens with one attached hydrogen (secondary N) is 1. The number of rotatable bonds is 8. The van der Waals surface area contributed by atoms with Gasteiger partial charge in [0.25, 0.3) is 5.91 Å². The summed E-state index contributed by atoms with van der Waals surface area (Å²) in [6, 6.07) is 13.3. The van der Waals surface area contributed by atoms with Gasteiger partial charge in [0.15, 0.2) is 6.61 Å². The highest BCUT2D eigenvalue weighted by Gasteiger charge is 2.12. The summed E-state index contributed by atoms with van der Waals surface area (Å²) < 4.78 is 25.0. The van der Waals surface area contributed by atoms with Gasteiger partial charge in [-0.2, -0.15) is 5.10 Å². The third kappa shape index (κ3) is 5.81. The van der Waals surface area contributed by atoms with E-state index >= 15 is 0 Å². The van der Waals surface area contributed by atoms with Crippen molar-refractivity contribution < 1.29 is 23.5 Å². The van der Waals surface area contributed by atoms with Crippen molar-refractivity contribution >= 4 is 18.0 Å². The summed E-state index contributed by atoms with van der Waals surface area (Å²) in [6.07, 6.45) is 2.84. The van der Waals surface area contributed by atoms with Crippen LogP contribution in [0.15, 0.2) is 54.6 Å². The third-order valence-electron chi connectivity index (χ3n) is 4.77. The Morgan fingerprint density at radius 3 is 2.62 bits per heavy atom.